The molecule has 0 aliphatic rings. The van der Waals surface area contributed by atoms with Crippen molar-refractivity contribution in [1.82, 2.24) is 5.32 Å². The molecule has 1 aromatic rings. The molecule has 0 heterocycles. The zero-order chi connectivity index (χ0) is 15.1. The number of halogens is 2. The fourth-order valence-electron chi connectivity index (χ4n) is 1.63. The maximum absolute atomic E-state index is 9.79. The van der Waals surface area contributed by atoms with Crippen LogP contribution in [-0.4, -0.2) is 37.6 Å². The Bertz CT molecular complexity index is 427. The van der Waals surface area contributed by atoms with Gasteiger partial charge in [-0.3, -0.25) is 0 Å². The van der Waals surface area contributed by atoms with Crippen molar-refractivity contribution in [2.24, 2.45) is 0 Å². The molecule has 0 amide bonds. The molecule has 2 N–H and O–H groups in total. The molecule has 4 nitrogen and oxygen atoms in total. The van der Waals surface area contributed by atoms with Gasteiger partial charge >= 0.3 is 0 Å². The molecule has 0 aliphatic heterocycles. The predicted molar refractivity (Wildman–Crippen MR) is 81.8 cm³/mol. The van der Waals surface area contributed by atoms with Gasteiger partial charge in [0.25, 0.3) is 0 Å². The van der Waals surface area contributed by atoms with Gasteiger partial charge in [0.05, 0.1) is 17.7 Å². The summed E-state index contributed by atoms with van der Waals surface area (Å²) in [6.45, 7) is 4.74. The lowest BCUT2D eigenvalue weighted by atomic mass is 10.2. The minimum absolute atomic E-state index is 0.0728. The van der Waals surface area contributed by atoms with Crippen molar-refractivity contribution >= 4 is 23.2 Å². The summed E-state index contributed by atoms with van der Waals surface area (Å²) in [5, 5.41) is 13.8. The van der Waals surface area contributed by atoms with Gasteiger partial charge in [-0.15, -0.1) is 0 Å². The van der Waals surface area contributed by atoms with E-state index in [0.29, 0.717) is 22.3 Å². The second-order valence-electron chi connectivity index (χ2n) is 4.75. The molecule has 0 saturated heterocycles. The van der Waals surface area contributed by atoms with Gasteiger partial charge in [-0.25, -0.2) is 0 Å². The van der Waals surface area contributed by atoms with Crippen LogP contribution in [-0.2, 0) is 11.3 Å². The van der Waals surface area contributed by atoms with Crippen LogP contribution in [0.2, 0.25) is 10.0 Å². The fraction of sp³-hybridized carbons (Fsp3) is 0.571. The van der Waals surface area contributed by atoms with Gasteiger partial charge in [0.2, 0.25) is 0 Å². The molecule has 0 aliphatic carbocycles. The highest BCUT2D eigenvalue weighted by molar-refractivity contribution is 6.35. The fourth-order valence-corrected chi connectivity index (χ4v) is 2.22. The van der Waals surface area contributed by atoms with E-state index in [4.69, 9.17) is 32.7 Å². The Labute approximate surface area is 130 Å². The maximum atomic E-state index is 9.79. The van der Waals surface area contributed by atoms with Crippen molar-refractivity contribution in [2.45, 2.75) is 32.6 Å². The highest BCUT2D eigenvalue weighted by Crippen LogP contribution is 2.32. The van der Waals surface area contributed by atoms with Crippen LogP contribution >= 0.6 is 23.2 Å². The highest BCUT2D eigenvalue weighted by atomic mass is 35.5. The Morgan fingerprint density at radius 2 is 1.95 bits per heavy atom. The third-order valence-electron chi connectivity index (χ3n) is 2.49. The van der Waals surface area contributed by atoms with E-state index in [2.05, 4.69) is 5.32 Å². The van der Waals surface area contributed by atoms with E-state index in [9.17, 15) is 5.11 Å². The van der Waals surface area contributed by atoms with Crippen molar-refractivity contribution in [3.8, 4) is 5.75 Å². The molecule has 6 heteroatoms. The monoisotopic (exact) mass is 321 g/mol. The minimum Gasteiger partial charge on any atom is -0.489 e. The number of hydrogen-bond donors (Lipinski definition) is 2. The van der Waals surface area contributed by atoms with E-state index in [0.717, 1.165) is 5.56 Å². The largest absolute Gasteiger partial charge is 0.489 e. The molecule has 1 aromatic carbocycles. The molecule has 0 aromatic heterocycles. The Hall–Kier alpha value is -0.520. The van der Waals surface area contributed by atoms with E-state index in [1.165, 1.54) is 0 Å². The van der Waals surface area contributed by atoms with E-state index in [-0.39, 0.29) is 19.3 Å². The van der Waals surface area contributed by atoms with Gasteiger partial charge in [-0.05, 0) is 33.0 Å². The number of nitrogens with one attached hydrogen (secondary N) is 1. The summed E-state index contributed by atoms with van der Waals surface area (Å²) in [6.07, 6.45) is -0.629. The SMILES string of the molecule is CNCc1cc(Cl)cc(Cl)c1OCC(O)COC(C)C. The third-order valence-corrected chi connectivity index (χ3v) is 2.99. The molecule has 0 saturated carbocycles. The van der Waals surface area contributed by atoms with Crippen molar-refractivity contribution in [3.05, 3.63) is 27.7 Å². The van der Waals surface area contributed by atoms with Gasteiger partial charge < -0.3 is 19.9 Å². The van der Waals surface area contributed by atoms with E-state index >= 15 is 0 Å². The highest BCUT2D eigenvalue weighted by Gasteiger charge is 2.13. The van der Waals surface area contributed by atoms with Crippen molar-refractivity contribution < 1.29 is 14.6 Å². The topological polar surface area (TPSA) is 50.7 Å². The average molecular weight is 322 g/mol. The zero-order valence-electron chi connectivity index (χ0n) is 12.0. The first-order valence-corrected chi connectivity index (χ1v) is 7.24. The smallest absolute Gasteiger partial charge is 0.142 e. The number of rotatable bonds is 8. The average Bonchev–Trinajstić information content (AvgIpc) is 2.35. The molecule has 1 atom stereocenters. The maximum Gasteiger partial charge on any atom is 0.142 e. The van der Waals surface area contributed by atoms with Gasteiger partial charge in [0, 0.05) is 17.1 Å². The lowest BCUT2D eigenvalue weighted by molar-refractivity contribution is -0.0124. The van der Waals surface area contributed by atoms with Crippen molar-refractivity contribution in [3.63, 3.8) is 0 Å². The second kappa shape index (κ2) is 8.70. The molecular formula is C14H21Cl2NO3. The van der Waals surface area contributed by atoms with Gasteiger partial charge in [-0.2, -0.15) is 0 Å². The van der Waals surface area contributed by atoms with Gasteiger partial charge in [0.1, 0.15) is 18.5 Å². The number of aliphatic hydroxyl groups excluding tert-OH is 1. The Kier molecular flexibility index (Phi) is 7.62. The molecule has 114 valence electrons. The molecule has 1 rings (SSSR count). The van der Waals surface area contributed by atoms with Crippen molar-refractivity contribution in [1.29, 1.82) is 0 Å². The number of benzene rings is 1. The molecule has 1 unspecified atom stereocenters. The van der Waals surface area contributed by atoms with E-state index in [1.54, 1.807) is 12.1 Å². The van der Waals surface area contributed by atoms with Crippen LogP contribution in [0.4, 0.5) is 0 Å². The van der Waals surface area contributed by atoms with Crippen LogP contribution in [0, 0.1) is 0 Å². The Balaban J connectivity index is 2.66. The van der Waals surface area contributed by atoms with Crippen LogP contribution < -0.4 is 10.1 Å². The molecule has 20 heavy (non-hydrogen) atoms. The van der Waals surface area contributed by atoms with Crippen LogP contribution in [0.1, 0.15) is 19.4 Å². The zero-order valence-corrected chi connectivity index (χ0v) is 13.5. The van der Waals surface area contributed by atoms with Crippen molar-refractivity contribution in [2.75, 3.05) is 20.3 Å². The van der Waals surface area contributed by atoms with Crippen LogP contribution in [0.3, 0.4) is 0 Å². The standard InChI is InChI=1S/C14H21Cl2NO3/c1-9(2)19-7-12(18)8-20-14-10(6-17-3)4-11(15)5-13(14)16/h4-5,9,12,17-18H,6-8H2,1-3H3. The lowest BCUT2D eigenvalue weighted by Gasteiger charge is -2.17. The summed E-state index contributed by atoms with van der Waals surface area (Å²) in [7, 11) is 1.82. The minimum atomic E-state index is -0.702. The van der Waals surface area contributed by atoms with Gasteiger partial charge in [-0.1, -0.05) is 23.2 Å². The quantitative estimate of drug-likeness (QED) is 0.773. The van der Waals surface area contributed by atoms with Crippen LogP contribution in [0.5, 0.6) is 5.75 Å². The van der Waals surface area contributed by atoms with Crippen LogP contribution in [0.25, 0.3) is 0 Å². The summed E-state index contributed by atoms with van der Waals surface area (Å²) >= 11 is 12.1. The summed E-state index contributed by atoms with van der Waals surface area (Å²) in [5.41, 5.74) is 0.849. The van der Waals surface area contributed by atoms with Crippen LogP contribution in [0.15, 0.2) is 12.1 Å². The summed E-state index contributed by atoms with van der Waals surface area (Å²) < 4.78 is 10.9. The predicted octanol–water partition coefficient (Wildman–Crippen LogP) is 2.88. The molecule has 0 bridgehead atoms. The molecule has 0 radical (unpaired) electrons. The number of ether oxygens (including phenoxy) is 2. The van der Waals surface area contributed by atoms with Gasteiger partial charge in [0.15, 0.2) is 0 Å². The third kappa shape index (κ3) is 5.85. The lowest BCUT2D eigenvalue weighted by Crippen LogP contribution is -2.25. The van der Waals surface area contributed by atoms with E-state index in [1.807, 2.05) is 20.9 Å². The summed E-state index contributed by atoms with van der Waals surface area (Å²) in [6, 6.07) is 3.41. The molecule has 0 spiro atoms. The number of aliphatic hydroxyl groups is 1. The second-order valence-corrected chi connectivity index (χ2v) is 5.60. The normalized spacial score (nSPS) is 12.8. The summed E-state index contributed by atoms with van der Waals surface area (Å²) in [4.78, 5) is 0. The Morgan fingerprint density at radius 1 is 1.25 bits per heavy atom. The molecular weight excluding hydrogens is 301 g/mol. The first-order valence-electron chi connectivity index (χ1n) is 6.49. The first kappa shape index (κ1) is 17.5. The Morgan fingerprint density at radius 3 is 2.55 bits per heavy atom. The first-order chi connectivity index (χ1) is 9.43. The van der Waals surface area contributed by atoms with E-state index < -0.39 is 6.10 Å². The summed E-state index contributed by atoms with van der Waals surface area (Å²) in [5.74, 6) is 0.536. The number of hydrogen-bond acceptors (Lipinski definition) is 4. The molecule has 0 fully saturated rings.